The Kier molecular flexibility index (Phi) is 3.90. The Labute approximate surface area is 112 Å². The van der Waals surface area contributed by atoms with E-state index < -0.39 is 28.9 Å². The summed E-state index contributed by atoms with van der Waals surface area (Å²) in [7, 11) is 0. The average molecular weight is 281 g/mol. The molecule has 2 aromatic carbocycles. The molecule has 2 rings (SSSR count). The van der Waals surface area contributed by atoms with Crippen molar-refractivity contribution in [2.75, 3.05) is 0 Å². The van der Waals surface area contributed by atoms with Crippen molar-refractivity contribution in [1.29, 1.82) is 0 Å². The van der Waals surface area contributed by atoms with E-state index in [4.69, 9.17) is 9.84 Å². The summed E-state index contributed by atoms with van der Waals surface area (Å²) in [5.41, 5.74) is -0.193. The first-order valence-electron chi connectivity index (χ1n) is 5.52. The number of hydrogen-bond acceptors (Lipinski definition) is 4. The summed E-state index contributed by atoms with van der Waals surface area (Å²) < 4.78 is 32.3. The van der Waals surface area contributed by atoms with Gasteiger partial charge >= 0.3 is 0 Å². The zero-order valence-corrected chi connectivity index (χ0v) is 10.0. The van der Waals surface area contributed by atoms with Gasteiger partial charge in [0.2, 0.25) is 0 Å². The summed E-state index contributed by atoms with van der Waals surface area (Å²) in [6.45, 7) is -0.509. The summed E-state index contributed by atoms with van der Waals surface area (Å²) in [5.74, 6) is -2.74. The highest BCUT2D eigenvalue weighted by Gasteiger charge is 2.15. The van der Waals surface area contributed by atoms with E-state index in [1.807, 2.05) is 0 Å². The zero-order chi connectivity index (χ0) is 14.7. The molecule has 0 amide bonds. The number of aliphatic hydroxyl groups excluding tert-OH is 1. The first-order valence-corrected chi connectivity index (χ1v) is 5.52. The van der Waals surface area contributed by atoms with Gasteiger partial charge in [-0.05, 0) is 23.8 Å². The Bertz CT molecular complexity index is 638. The molecule has 0 radical (unpaired) electrons. The lowest BCUT2D eigenvalue weighted by Gasteiger charge is -2.09. The standard InChI is InChI=1S/C13H9F2NO4/c14-11-4-8(7-17)5-12(15)13(11)20-10-3-1-2-9(6-10)16(18)19/h1-6,17H,7H2. The van der Waals surface area contributed by atoms with E-state index in [1.54, 1.807) is 0 Å². The van der Waals surface area contributed by atoms with Crippen LogP contribution in [0.4, 0.5) is 14.5 Å². The number of hydrogen-bond donors (Lipinski definition) is 1. The fraction of sp³-hybridized carbons (Fsp3) is 0.0769. The monoisotopic (exact) mass is 281 g/mol. The lowest BCUT2D eigenvalue weighted by molar-refractivity contribution is -0.384. The molecule has 0 fully saturated rings. The van der Waals surface area contributed by atoms with Crippen molar-refractivity contribution in [3.05, 3.63) is 63.7 Å². The molecule has 104 valence electrons. The quantitative estimate of drug-likeness (QED) is 0.690. The van der Waals surface area contributed by atoms with E-state index in [9.17, 15) is 18.9 Å². The second kappa shape index (κ2) is 5.62. The molecule has 0 aliphatic heterocycles. The summed E-state index contributed by atoms with van der Waals surface area (Å²) in [5, 5.41) is 19.4. The number of benzene rings is 2. The van der Waals surface area contributed by atoms with Crippen LogP contribution in [-0.2, 0) is 6.61 Å². The van der Waals surface area contributed by atoms with Gasteiger partial charge in [-0.3, -0.25) is 10.1 Å². The highest BCUT2D eigenvalue weighted by Crippen LogP contribution is 2.30. The fourth-order valence-corrected chi connectivity index (χ4v) is 1.58. The number of nitro benzene ring substituents is 1. The normalized spacial score (nSPS) is 10.3. The van der Waals surface area contributed by atoms with Gasteiger partial charge in [0.25, 0.3) is 5.69 Å². The molecule has 0 unspecified atom stereocenters. The van der Waals surface area contributed by atoms with Crippen molar-refractivity contribution < 1.29 is 23.5 Å². The van der Waals surface area contributed by atoms with Crippen LogP contribution in [0.15, 0.2) is 36.4 Å². The van der Waals surface area contributed by atoms with E-state index in [0.717, 1.165) is 18.2 Å². The average Bonchev–Trinajstić information content (AvgIpc) is 2.42. The van der Waals surface area contributed by atoms with Gasteiger partial charge in [0, 0.05) is 6.07 Å². The lowest BCUT2D eigenvalue weighted by atomic mass is 10.2. The smallest absolute Gasteiger partial charge is 0.273 e. The van der Waals surface area contributed by atoms with Crippen molar-refractivity contribution in [3.63, 3.8) is 0 Å². The number of aliphatic hydroxyl groups is 1. The van der Waals surface area contributed by atoms with Gasteiger partial charge in [0.15, 0.2) is 17.4 Å². The topological polar surface area (TPSA) is 72.6 Å². The van der Waals surface area contributed by atoms with Crippen molar-refractivity contribution >= 4 is 5.69 Å². The SMILES string of the molecule is O=[N+]([O-])c1cccc(Oc2c(F)cc(CO)cc2F)c1. The van der Waals surface area contributed by atoms with Crippen LogP contribution in [0.25, 0.3) is 0 Å². The summed E-state index contributed by atoms with van der Waals surface area (Å²) in [6, 6.07) is 6.82. The molecule has 0 saturated heterocycles. The Morgan fingerprint density at radius 2 is 1.85 bits per heavy atom. The van der Waals surface area contributed by atoms with Crippen LogP contribution in [0.2, 0.25) is 0 Å². The van der Waals surface area contributed by atoms with E-state index in [1.165, 1.54) is 18.2 Å². The molecule has 0 atom stereocenters. The maximum absolute atomic E-state index is 13.6. The van der Waals surface area contributed by atoms with Crippen LogP contribution in [0.1, 0.15) is 5.56 Å². The Morgan fingerprint density at radius 1 is 1.20 bits per heavy atom. The second-order valence-corrected chi connectivity index (χ2v) is 3.90. The number of nitrogens with zero attached hydrogens (tertiary/aromatic N) is 1. The van der Waals surface area contributed by atoms with Crippen LogP contribution >= 0.6 is 0 Å². The molecule has 7 heteroatoms. The minimum absolute atomic E-state index is 0.0613. The molecule has 0 aromatic heterocycles. The van der Waals surface area contributed by atoms with Crippen LogP contribution in [0.3, 0.4) is 0 Å². The van der Waals surface area contributed by atoms with Gasteiger partial charge < -0.3 is 9.84 Å². The molecular weight excluding hydrogens is 272 g/mol. The van der Waals surface area contributed by atoms with Gasteiger partial charge in [-0.2, -0.15) is 0 Å². The Hall–Kier alpha value is -2.54. The van der Waals surface area contributed by atoms with Gasteiger partial charge in [0.05, 0.1) is 17.6 Å². The summed E-state index contributed by atoms with van der Waals surface area (Å²) >= 11 is 0. The molecule has 0 spiro atoms. The second-order valence-electron chi connectivity index (χ2n) is 3.90. The van der Waals surface area contributed by atoms with Crippen molar-refractivity contribution in [3.8, 4) is 11.5 Å². The molecule has 1 N–H and O–H groups in total. The van der Waals surface area contributed by atoms with Crippen LogP contribution in [-0.4, -0.2) is 10.0 Å². The molecular formula is C13H9F2NO4. The largest absolute Gasteiger partial charge is 0.451 e. The van der Waals surface area contributed by atoms with Gasteiger partial charge in [0.1, 0.15) is 5.75 Å². The first kappa shape index (κ1) is 13.9. The van der Waals surface area contributed by atoms with Gasteiger partial charge in [-0.25, -0.2) is 8.78 Å². The molecule has 0 bridgehead atoms. The van der Waals surface area contributed by atoms with Crippen molar-refractivity contribution in [1.82, 2.24) is 0 Å². The molecule has 0 saturated carbocycles. The summed E-state index contributed by atoms with van der Waals surface area (Å²) in [6.07, 6.45) is 0. The number of ether oxygens (including phenoxy) is 1. The van der Waals surface area contributed by atoms with Gasteiger partial charge in [-0.1, -0.05) is 6.07 Å². The number of halogens is 2. The minimum Gasteiger partial charge on any atom is -0.451 e. The molecule has 0 aliphatic rings. The third-order valence-corrected chi connectivity index (χ3v) is 2.49. The van der Waals surface area contributed by atoms with E-state index >= 15 is 0 Å². The third kappa shape index (κ3) is 2.89. The number of nitro groups is 1. The first-order chi connectivity index (χ1) is 9.51. The predicted octanol–water partition coefficient (Wildman–Crippen LogP) is 3.16. The van der Waals surface area contributed by atoms with Crippen LogP contribution in [0.5, 0.6) is 11.5 Å². The van der Waals surface area contributed by atoms with Crippen molar-refractivity contribution in [2.24, 2.45) is 0 Å². The highest BCUT2D eigenvalue weighted by atomic mass is 19.1. The van der Waals surface area contributed by atoms with Gasteiger partial charge in [-0.15, -0.1) is 0 Å². The molecule has 20 heavy (non-hydrogen) atoms. The third-order valence-electron chi connectivity index (χ3n) is 2.49. The molecule has 0 aliphatic carbocycles. The zero-order valence-electron chi connectivity index (χ0n) is 10.0. The van der Waals surface area contributed by atoms with E-state index in [2.05, 4.69) is 0 Å². The van der Waals surface area contributed by atoms with E-state index in [0.29, 0.717) is 0 Å². The maximum Gasteiger partial charge on any atom is 0.273 e. The Balaban J connectivity index is 2.35. The Morgan fingerprint density at radius 3 is 2.40 bits per heavy atom. The van der Waals surface area contributed by atoms with Crippen molar-refractivity contribution in [2.45, 2.75) is 6.61 Å². The highest BCUT2D eigenvalue weighted by molar-refractivity contribution is 5.41. The number of non-ortho nitro benzene ring substituents is 1. The maximum atomic E-state index is 13.6. The van der Waals surface area contributed by atoms with E-state index in [-0.39, 0.29) is 17.0 Å². The molecule has 2 aromatic rings. The minimum atomic E-state index is -0.999. The molecule has 5 nitrogen and oxygen atoms in total. The molecule has 0 heterocycles. The summed E-state index contributed by atoms with van der Waals surface area (Å²) in [4.78, 5) is 9.95. The number of rotatable bonds is 4. The van der Waals surface area contributed by atoms with Crippen LogP contribution in [0, 0.1) is 21.7 Å². The lowest BCUT2D eigenvalue weighted by Crippen LogP contribution is -1.96. The van der Waals surface area contributed by atoms with Crippen LogP contribution < -0.4 is 4.74 Å². The predicted molar refractivity (Wildman–Crippen MR) is 65.5 cm³/mol. The fourth-order valence-electron chi connectivity index (χ4n) is 1.58.